The van der Waals surface area contributed by atoms with Crippen molar-refractivity contribution in [2.75, 3.05) is 0 Å². The van der Waals surface area contributed by atoms with Crippen LogP contribution in [-0.4, -0.2) is 9.97 Å². The molecule has 0 spiro atoms. The molecule has 0 bridgehead atoms. The lowest BCUT2D eigenvalue weighted by molar-refractivity contribution is 0.630. The highest BCUT2D eigenvalue weighted by Crippen LogP contribution is 2.38. The van der Waals surface area contributed by atoms with Gasteiger partial charge < -0.3 is 8.83 Å². The molecule has 0 saturated carbocycles. The number of hydrogen-bond donors (Lipinski definition) is 0. The van der Waals surface area contributed by atoms with Crippen molar-refractivity contribution >= 4 is 33.0 Å². The van der Waals surface area contributed by atoms with Gasteiger partial charge in [0.05, 0.1) is 0 Å². The molecule has 4 aromatic heterocycles. The second-order valence-electron chi connectivity index (χ2n) is 6.70. The number of benzene rings is 2. The number of pyridine rings is 2. The van der Waals surface area contributed by atoms with Gasteiger partial charge in [0.25, 0.3) is 0 Å². The third-order valence-electron chi connectivity index (χ3n) is 5.02. The van der Waals surface area contributed by atoms with Crippen molar-refractivity contribution in [2.45, 2.75) is 0 Å². The molecule has 4 heteroatoms. The highest BCUT2D eigenvalue weighted by molar-refractivity contribution is 6.10. The lowest BCUT2D eigenvalue weighted by Gasteiger charge is -2.02. The second kappa shape index (κ2) is 5.79. The maximum absolute atomic E-state index is 6.24. The third-order valence-corrected chi connectivity index (χ3v) is 5.02. The van der Waals surface area contributed by atoms with Crippen molar-refractivity contribution in [3.8, 4) is 22.6 Å². The van der Waals surface area contributed by atoms with Gasteiger partial charge in [-0.15, -0.1) is 0 Å². The molecule has 6 rings (SSSR count). The molecule has 0 unspecified atom stereocenters. The number of nitrogens with zero attached hydrogens (tertiary/aromatic N) is 2. The largest absolute Gasteiger partial charge is 0.454 e. The SMILES string of the molecule is c1ccc(-c2cc3ccnc(-c4cccc5c4oc4ncccc45)c3o2)cc1. The van der Waals surface area contributed by atoms with Crippen LogP contribution in [0.4, 0.5) is 0 Å². The molecule has 0 saturated heterocycles. The molecule has 0 aliphatic heterocycles. The Hall–Kier alpha value is -3.92. The Morgan fingerprint density at radius 1 is 0.643 bits per heavy atom. The van der Waals surface area contributed by atoms with Crippen LogP contribution >= 0.6 is 0 Å². The number of fused-ring (bicyclic) bond motifs is 4. The van der Waals surface area contributed by atoms with E-state index in [0.717, 1.165) is 49.9 Å². The molecule has 132 valence electrons. The summed E-state index contributed by atoms with van der Waals surface area (Å²) in [5.41, 5.74) is 4.85. The van der Waals surface area contributed by atoms with Crippen molar-refractivity contribution in [1.82, 2.24) is 9.97 Å². The molecule has 0 amide bonds. The first-order valence-corrected chi connectivity index (χ1v) is 9.09. The molecule has 0 radical (unpaired) electrons. The summed E-state index contributed by atoms with van der Waals surface area (Å²) in [6, 6.07) is 24.1. The summed E-state index contributed by atoms with van der Waals surface area (Å²) in [5, 5.41) is 3.03. The van der Waals surface area contributed by atoms with Gasteiger partial charge in [0.15, 0.2) is 5.58 Å². The molecule has 4 heterocycles. The summed E-state index contributed by atoms with van der Waals surface area (Å²) in [6.07, 6.45) is 3.55. The van der Waals surface area contributed by atoms with E-state index in [1.807, 2.05) is 72.9 Å². The first kappa shape index (κ1) is 15.2. The van der Waals surface area contributed by atoms with E-state index in [2.05, 4.69) is 16.0 Å². The van der Waals surface area contributed by atoms with E-state index >= 15 is 0 Å². The Morgan fingerprint density at radius 2 is 1.54 bits per heavy atom. The van der Waals surface area contributed by atoms with Crippen LogP contribution in [0.1, 0.15) is 0 Å². The fraction of sp³-hybridized carbons (Fsp3) is 0. The van der Waals surface area contributed by atoms with Gasteiger partial charge in [-0.2, -0.15) is 0 Å². The van der Waals surface area contributed by atoms with Crippen LogP contribution in [-0.2, 0) is 0 Å². The fourth-order valence-corrected chi connectivity index (χ4v) is 3.72. The Morgan fingerprint density at radius 3 is 2.46 bits per heavy atom. The summed E-state index contributed by atoms with van der Waals surface area (Å²) < 4.78 is 12.3. The van der Waals surface area contributed by atoms with E-state index in [1.165, 1.54) is 0 Å². The molecule has 0 fully saturated rings. The Labute approximate surface area is 160 Å². The summed E-state index contributed by atoms with van der Waals surface area (Å²) >= 11 is 0. The predicted molar refractivity (Wildman–Crippen MR) is 110 cm³/mol. The first-order valence-electron chi connectivity index (χ1n) is 9.09. The molecule has 6 aromatic rings. The number of hydrogen-bond acceptors (Lipinski definition) is 4. The molecule has 4 nitrogen and oxygen atoms in total. The van der Waals surface area contributed by atoms with Crippen LogP contribution in [0, 0.1) is 0 Å². The van der Waals surface area contributed by atoms with Crippen LogP contribution in [0.5, 0.6) is 0 Å². The van der Waals surface area contributed by atoms with Crippen molar-refractivity contribution in [3.63, 3.8) is 0 Å². The third kappa shape index (κ3) is 2.18. The van der Waals surface area contributed by atoms with Gasteiger partial charge in [-0.3, -0.25) is 4.98 Å². The highest BCUT2D eigenvalue weighted by atomic mass is 16.3. The highest BCUT2D eigenvalue weighted by Gasteiger charge is 2.18. The standard InChI is InChI=1S/C24H14N2O2/c1-2-6-15(7-3-1)20-14-16-11-13-25-21(22(16)27-20)19-9-4-8-17-18-10-5-12-26-24(18)28-23(17)19/h1-14H. The predicted octanol–water partition coefficient (Wildman–Crippen LogP) is 6.46. The average molecular weight is 362 g/mol. The lowest BCUT2D eigenvalue weighted by atomic mass is 10.1. The minimum absolute atomic E-state index is 0.626. The van der Waals surface area contributed by atoms with Gasteiger partial charge in [0.2, 0.25) is 5.71 Å². The average Bonchev–Trinajstić information content (AvgIpc) is 3.36. The Bertz CT molecular complexity index is 1460. The van der Waals surface area contributed by atoms with E-state index in [0.29, 0.717) is 5.71 Å². The van der Waals surface area contributed by atoms with Gasteiger partial charge in [-0.1, -0.05) is 42.5 Å². The summed E-state index contributed by atoms with van der Waals surface area (Å²) in [6.45, 7) is 0. The van der Waals surface area contributed by atoms with Gasteiger partial charge >= 0.3 is 0 Å². The monoisotopic (exact) mass is 362 g/mol. The maximum Gasteiger partial charge on any atom is 0.227 e. The zero-order valence-electron chi connectivity index (χ0n) is 14.8. The van der Waals surface area contributed by atoms with Gasteiger partial charge in [-0.25, -0.2) is 4.98 Å². The molecule has 0 aliphatic rings. The van der Waals surface area contributed by atoms with Crippen LogP contribution in [0.15, 0.2) is 94.0 Å². The summed E-state index contributed by atoms with van der Waals surface area (Å²) in [7, 11) is 0. The van der Waals surface area contributed by atoms with Crippen molar-refractivity contribution in [3.05, 3.63) is 85.2 Å². The van der Waals surface area contributed by atoms with Gasteiger partial charge in [-0.05, 0) is 30.3 Å². The molecular weight excluding hydrogens is 348 g/mol. The molecule has 2 aromatic carbocycles. The zero-order valence-corrected chi connectivity index (χ0v) is 14.8. The van der Waals surface area contributed by atoms with E-state index < -0.39 is 0 Å². The topological polar surface area (TPSA) is 52.1 Å². The smallest absolute Gasteiger partial charge is 0.227 e. The molecule has 0 N–H and O–H groups in total. The number of rotatable bonds is 2. The molecular formula is C24H14N2O2. The first-order chi connectivity index (χ1) is 13.9. The number of para-hydroxylation sites is 1. The van der Waals surface area contributed by atoms with E-state index in [9.17, 15) is 0 Å². The minimum Gasteiger partial charge on any atom is -0.454 e. The maximum atomic E-state index is 6.24. The van der Waals surface area contributed by atoms with Crippen molar-refractivity contribution < 1.29 is 8.83 Å². The number of aromatic nitrogens is 2. The van der Waals surface area contributed by atoms with Crippen molar-refractivity contribution in [2.24, 2.45) is 0 Å². The van der Waals surface area contributed by atoms with E-state index in [4.69, 9.17) is 8.83 Å². The van der Waals surface area contributed by atoms with Crippen LogP contribution < -0.4 is 0 Å². The zero-order chi connectivity index (χ0) is 18.5. The van der Waals surface area contributed by atoms with Crippen LogP contribution in [0.25, 0.3) is 55.6 Å². The molecule has 28 heavy (non-hydrogen) atoms. The quantitative estimate of drug-likeness (QED) is 0.355. The number of furan rings is 2. The van der Waals surface area contributed by atoms with Gasteiger partial charge in [0, 0.05) is 39.7 Å². The van der Waals surface area contributed by atoms with E-state index in [1.54, 1.807) is 6.20 Å². The van der Waals surface area contributed by atoms with Gasteiger partial charge in [0.1, 0.15) is 17.0 Å². The van der Waals surface area contributed by atoms with E-state index in [-0.39, 0.29) is 0 Å². The normalized spacial score (nSPS) is 11.6. The molecule has 0 aliphatic carbocycles. The Kier molecular flexibility index (Phi) is 3.14. The molecule has 0 atom stereocenters. The van der Waals surface area contributed by atoms with Crippen LogP contribution in [0.3, 0.4) is 0 Å². The lowest BCUT2D eigenvalue weighted by Crippen LogP contribution is -1.84. The fourth-order valence-electron chi connectivity index (χ4n) is 3.72. The Balaban J connectivity index is 1.64. The minimum atomic E-state index is 0.626. The summed E-state index contributed by atoms with van der Waals surface area (Å²) in [5.74, 6) is 0.822. The van der Waals surface area contributed by atoms with Crippen LogP contribution in [0.2, 0.25) is 0 Å². The second-order valence-corrected chi connectivity index (χ2v) is 6.70. The summed E-state index contributed by atoms with van der Waals surface area (Å²) in [4.78, 5) is 8.98. The van der Waals surface area contributed by atoms with Crippen molar-refractivity contribution in [1.29, 1.82) is 0 Å².